The zero-order valence-corrected chi connectivity index (χ0v) is 15.6. The van der Waals surface area contributed by atoms with Gasteiger partial charge in [-0.05, 0) is 49.9 Å². The van der Waals surface area contributed by atoms with E-state index in [9.17, 15) is 0 Å². The third-order valence-electron chi connectivity index (χ3n) is 3.83. The average molecular weight is 376 g/mol. The molecular formula is C20H26BrNO. The number of nitrogens with one attached hydrogen (secondary N) is 1. The number of rotatable bonds is 9. The second kappa shape index (κ2) is 9.74. The summed E-state index contributed by atoms with van der Waals surface area (Å²) in [6, 6.07) is 17.3. The lowest BCUT2D eigenvalue weighted by Crippen LogP contribution is -2.26. The van der Waals surface area contributed by atoms with Crippen molar-refractivity contribution < 1.29 is 4.74 Å². The Bertz CT molecular complexity index is 585. The van der Waals surface area contributed by atoms with Crippen molar-refractivity contribution in [2.24, 2.45) is 0 Å². The van der Waals surface area contributed by atoms with Crippen LogP contribution in [0.2, 0.25) is 0 Å². The normalized spacial score (nSPS) is 12.1. The number of aryl methyl sites for hydroxylation is 1. The van der Waals surface area contributed by atoms with Crippen LogP contribution in [0.25, 0.3) is 0 Å². The summed E-state index contributed by atoms with van der Waals surface area (Å²) in [5.74, 6) is 0.984. The predicted octanol–water partition coefficient (Wildman–Crippen LogP) is 5.35. The van der Waals surface area contributed by atoms with E-state index in [1.54, 1.807) is 0 Å². The fourth-order valence-electron chi connectivity index (χ4n) is 2.45. The van der Waals surface area contributed by atoms with E-state index < -0.39 is 0 Å². The van der Waals surface area contributed by atoms with Gasteiger partial charge in [-0.15, -0.1) is 0 Å². The van der Waals surface area contributed by atoms with Crippen LogP contribution in [0.4, 0.5) is 0 Å². The quantitative estimate of drug-likeness (QED) is 0.637. The Kier molecular flexibility index (Phi) is 7.63. The molecule has 1 atom stereocenters. The monoisotopic (exact) mass is 375 g/mol. The molecule has 3 heteroatoms. The first-order chi connectivity index (χ1) is 11.2. The number of halogens is 1. The minimum Gasteiger partial charge on any atom is -0.493 e. The van der Waals surface area contributed by atoms with Gasteiger partial charge in [-0.25, -0.2) is 0 Å². The summed E-state index contributed by atoms with van der Waals surface area (Å²) in [6.07, 6.45) is 3.26. The number of hydrogen-bond donors (Lipinski definition) is 1. The summed E-state index contributed by atoms with van der Waals surface area (Å²) >= 11 is 3.55. The first kappa shape index (κ1) is 18.0. The average Bonchev–Trinajstić information content (AvgIpc) is 2.58. The molecule has 23 heavy (non-hydrogen) atoms. The molecule has 2 aromatic rings. The molecule has 2 rings (SSSR count). The maximum atomic E-state index is 5.84. The van der Waals surface area contributed by atoms with Gasteiger partial charge in [0.05, 0.1) is 6.61 Å². The van der Waals surface area contributed by atoms with Crippen molar-refractivity contribution in [1.29, 1.82) is 0 Å². The van der Waals surface area contributed by atoms with E-state index >= 15 is 0 Å². The smallest absolute Gasteiger partial charge is 0.123 e. The van der Waals surface area contributed by atoms with E-state index in [0.29, 0.717) is 6.04 Å². The van der Waals surface area contributed by atoms with E-state index in [0.717, 1.165) is 42.6 Å². The summed E-state index contributed by atoms with van der Waals surface area (Å²) in [5, 5.41) is 3.61. The zero-order valence-electron chi connectivity index (χ0n) is 14.0. The van der Waals surface area contributed by atoms with Crippen molar-refractivity contribution in [2.75, 3.05) is 6.61 Å². The fraction of sp³-hybridized carbons (Fsp3) is 0.400. The van der Waals surface area contributed by atoms with Crippen LogP contribution < -0.4 is 10.1 Å². The van der Waals surface area contributed by atoms with Crippen LogP contribution in [-0.4, -0.2) is 12.6 Å². The Morgan fingerprint density at radius 3 is 2.65 bits per heavy atom. The van der Waals surface area contributed by atoms with E-state index in [-0.39, 0.29) is 0 Å². The molecule has 0 fully saturated rings. The first-order valence-corrected chi connectivity index (χ1v) is 9.17. The van der Waals surface area contributed by atoms with E-state index in [4.69, 9.17) is 4.74 Å². The molecule has 124 valence electrons. The molecule has 0 amide bonds. The van der Waals surface area contributed by atoms with Gasteiger partial charge in [-0.1, -0.05) is 53.2 Å². The Labute approximate surface area is 148 Å². The second-order valence-corrected chi connectivity index (χ2v) is 6.82. The van der Waals surface area contributed by atoms with E-state index in [1.807, 2.05) is 12.1 Å². The summed E-state index contributed by atoms with van der Waals surface area (Å²) in [7, 11) is 0. The number of ether oxygens (including phenoxy) is 1. The lowest BCUT2D eigenvalue weighted by Gasteiger charge is -2.16. The molecule has 0 saturated carbocycles. The van der Waals surface area contributed by atoms with Gasteiger partial charge in [0.25, 0.3) is 0 Å². The molecule has 0 saturated heterocycles. The molecule has 0 aliphatic heterocycles. The maximum Gasteiger partial charge on any atom is 0.123 e. The summed E-state index contributed by atoms with van der Waals surface area (Å²) in [4.78, 5) is 0. The molecule has 0 radical (unpaired) electrons. The van der Waals surface area contributed by atoms with Crippen LogP contribution in [0.15, 0.2) is 53.0 Å². The molecule has 2 nitrogen and oxygen atoms in total. The standard InChI is InChI=1S/C20H26BrNO/c1-3-13-23-20-12-11-19(21)14-18(20)15-22-16(2)9-10-17-7-5-4-6-8-17/h4-8,11-12,14,16,22H,3,9-10,13,15H2,1-2H3. The first-order valence-electron chi connectivity index (χ1n) is 8.37. The van der Waals surface area contributed by atoms with Gasteiger partial charge in [-0.2, -0.15) is 0 Å². The van der Waals surface area contributed by atoms with Crippen LogP contribution >= 0.6 is 15.9 Å². The second-order valence-electron chi connectivity index (χ2n) is 5.91. The molecule has 0 aliphatic rings. The third-order valence-corrected chi connectivity index (χ3v) is 4.33. The lowest BCUT2D eigenvalue weighted by molar-refractivity contribution is 0.312. The van der Waals surface area contributed by atoms with Gasteiger partial charge in [0.2, 0.25) is 0 Å². The van der Waals surface area contributed by atoms with Gasteiger partial charge in [-0.3, -0.25) is 0 Å². The molecule has 0 bridgehead atoms. The minimum atomic E-state index is 0.466. The molecule has 0 aliphatic carbocycles. The SMILES string of the molecule is CCCOc1ccc(Br)cc1CNC(C)CCc1ccccc1. The largest absolute Gasteiger partial charge is 0.493 e. The van der Waals surface area contributed by atoms with Gasteiger partial charge >= 0.3 is 0 Å². The van der Waals surface area contributed by atoms with Crippen LogP contribution in [0.3, 0.4) is 0 Å². The van der Waals surface area contributed by atoms with Crippen molar-refractivity contribution in [2.45, 2.75) is 45.7 Å². The van der Waals surface area contributed by atoms with Crippen LogP contribution in [0, 0.1) is 0 Å². The van der Waals surface area contributed by atoms with Gasteiger partial charge in [0.15, 0.2) is 0 Å². The molecule has 0 spiro atoms. The third kappa shape index (κ3) is 6.36. The van der Waals surface area contributed by atoms with Crippen molar-refractivity contribution in [3.05, 3.63) is 64.1 Å². The lowest BCUT2D eigenvalue weighted by atomic mass is 10.1. The highest BCUT2D eigenvalue weighted by molar-refractivity contribution is 9.10. The van der Waals surface area contributed by atoms with Crippen molar-refractivity contribution in [3.8, 4) is 5.75 Å². The van der Waals surface area contributed by atoms with Crippen molar-refractivity contribution in [1.82, 2.24) is 5.32 Å². The van der Waals surface area contributed by atoms with E-state index in [2.05, 4.69) is 71.5 Å². The fourth-order valence-corrected chi connectivity index (χ4v) is 2.86. The highest BCUT2D eigenvalue weighted by Crippen LogP contribution is 2.23. The Balaban J connectivity index is 1.85. The number of hydrogen-bond acceptors (Lipinski definition) is 2. The van der Waals surface area contributed by atoms with E-state index in [1.165, 1.54) is 11.1 Å². The Hall–Kier alpha value is -1.32. The molecule has 0 heterocycles. The molecular weight excluding hydrogens is 350 g/mol. The van der Waals surface area contributed by atoms with Crippen LogP contribution in [0.1, 0.15) is 37.8 Å². The summed E-state index contributed by atoms with van der Waals surface area (Å²) in [5.41, 5.74) is 2.61. The highest BCUT2D eigenvalue weighted by atomic mass is 79.9. The Morgan fingerprint density at radius 1 is 1.13 bits per heavy atom. The van der Waals surface area contributed by atoms with Gasteiger partial charge in [0.1, 0.15) is 5.75 Å². The summed E-state index contributed by atoms with van der Waals surface area (Å²) < 4.78 is 6.93. The summed E-state index contributed by atoms with van der Waals surface area (Å²) in [6.45, 7) is 5.96. The van der Waals surface area contributed by atoms with Crippen molar-refractivity contribution in [3.63, 3.8) is 0 Å². The highest BCUT2D eigenvalue weighted by Gasteiger charge is 2.07. The van der Waals surface area contributed by atoms with Crippen LogP contribution in [-0.2, 0) is 13.0 Å². The van der Waals surface area contributed by atoms with Gasteiger partial charge < -0.3 is 10.1 Å². The molecule has 0 aromatic heterocycles. The molecule has 1 unspecified atom stereocenters. The predicted molar refractivity (Wildman–Crippen MR) is 101 cm³/mol. The number of benzene rings is 2. The van der Waals surface area contributed by atoms with Crippen LogP contribution in [0.5, 0.6) is 5.75 Å². The van der Waals surface area contributed by atoms with Crippen molar-refractivity contribution >= 4 is 15.9 Å². The zero-order chi connectivity index (χ0) is 16.5. The minimum absolute atomic E-state index is 0.466. The molecule has 1 N–H and O–H groups in total. The molecule has 2 aromatic carbocycles. The van der Waals surface area contributed by atoms with Gasteiger partial charge in [0, 0.05) is 22.6 Å². The topological polar surface area (TPSA) is 21.3 Å². The Morgan fingerprint density at radius 2 is 1.91 bits per heavy atom. The maximum absolute atomic E-state index is 5.84.